The van der Waals surface area contributed by atoms with Crippen LogP contribution in [0, 0.1) is 12.7 Å². The molecule has 1 aromatic heterocycles. The summed E-state index contributed by atoms with van der Waals surface area (Å²) in [6, 6.07) is 23.0. The number of benzene rings is 4. The minimum absolute atomic E-state index is 0.153. The van der Waals surface area contributed by atoms with Crippen molar-refractivity contribution >= 4 is 40.1 Å². The molecule has 9 nitrogen and oxygen atoms in total. The summed E-state index contributed by atoms with van der Waals surface area (Å²) < 4.78 is 23.6. The standard InChI is InChI=1S/C42H43ClFN5O4/c1-5-13-29-15-8-10-18-35(29)49-36-25-31(33(43)24-32(36)40(46-42(49)52)48-22-21-47(26-28(48)4)38(50)6-2)39-34(44)17-11-19-37(39)53-23-12-20-45-41(51)30-16-9-7-14-27(30)3/h6-11,14-19,24-25,28H,2,5,12-13,20-23,26H2,1,3-4H3,(H,45,51)/t28-/m0/s1. The van der Waals surface area contributed by atoms with Gasteiger partial charge in [0.05, 0.1) is 23.4 Å². The molecule has 0 spiro atoms. The molecule has 11 heteroatoms. The van der Waals surface area contributed by atoms with Crippen molar-refractivity contribution in [2.75, 3.05) is 37.7 Å². The number of aromatic nitrogens is 2. The van der Waals surface area contributed by atoms with E-state index >= 15 is 4.39 Å². The molecule has 1 fully saturated rings. The van der Waals surface area contributed by atoms with Gasteiger partial charge in [0.2, 0.25) is 5.91 Å². The van der Waals surface area contributed by atoms with Crippen molar-refractivity contribution in [2.45, 2.75) is 46.1 Å². The van der Waals surface area contributed by atoms with Crippen LogP contribution in [0.25, 0.3) is 27.7 Å². The first-order chi connectivity index (χ1) is 25.6. The summed E-state index contributed by atoms with van der Waals surface area (Å²) in [5.41, 5.74) is 3.69. The molecule has 274 valence electrons. The Morgan fingerprint density at radius 2 is 1.85 bits per heavy atom. The Kier molecular flexibility index (Phi) is 11.6. The van der Waals surface area contributed by atoms with Crippen molar-refractivity contribution in [2.24, 2.45) is 0 Å². The molecular weight excluding hydrogens is 693 g/mol. The zero-order valence-corrected chi connectivity index (χ0v) is 31.0. The highest BCUT2D eigenvalue weighted by atomic mass is 35.5. The highest BCUT2D eigenvalue weighted by Gasteiger charge is 2.30. The number of halogens is 2. The molecule has 1 aliphatic heterocycles. The molecule has 1 saturated heterocycles. The summed E-state index contributed by atoms with van der Waals surface area (Å²) in [4.78, 5) is 47.7. The monoisotopic (exact) mass is 735 g/mol. The van der Waals surface area contributed by atoms with Gasteiger partial charge in [0, 0.05) is 53.8 Å². The number of ether oxygens (including phenoxy) is 1. The molecule has 0 bridgehead atoms. The first kappa shape index (κ1) is 37.3. The van der Waals surface area contributed by atoms with Gasteiger partial charge >= 0.3 is 5.69 Å². The number of nitrogens with zero attached hydrogens (tertiary/aromatic N) is 4. The van der Waals surface area contributed by atoms with Gasteiger partial charge in [0.1, 0.15) is 17.4 Å². The molecule has 0 unspecified atom stereocenters. The van der Waals surface area contributed by atoms with Crippen LogP contribution in [0.15, 0.2) is 96.3 Å². The molecule has 4 aromatic carbocycles. The van der Waals surface area contributed by atoms with Gasteiger partial charge in [-0.3, -0.25) is 14.2 Å². The molecule has 53 heavy (non-hydrogen) atoms. The second-order valence-corrected chi connectivity index (χ2v) is 13.6. The summed E-state index contributed by atoms with van der Waals surface area (Å²) in [6.45, 7) is 11.4. The van der Waals surface area contributed by atoms with E-state index in [4.69, 9.17) is 16.3 Å². The fourth-order valence-corrected chi connectivity index (χ4v) is 7.21. The molecule has 1 atom stereocenters. The van der Waals surface area contributed by atoms with Crippen molar-refractivity contribution < 1.29 is 18.7 Å². The molecule has 1 aliphatic rings. The van der Waals surface area contributed by atoms with E-state index < -0.39 is 11.5 Å². The molecule has 2 heterocycles. The number of fused-ring (bicyclic) bond motifs is 1. The number of rotatable bonds is 12. The number of aryl methyl sites for hydroxylation is 2. The van der Waals surface area contributed by atoms with Crippen LogP contribution in [0.5, 0.6) is 5.75 Å². The molecule has 6 rings (SSSR count). The minimum Gasteiger partial charge on any atom is -0.493 e. The summed E-state index contributed by atoms with van der Waals surface area (Å²) in [5.74, 6) is -0.136. The zero-order chi connectivity index (χ0) is 37.6. The highest BCUT2D eigenvalue weighted by Crippen LogP contribution is 2.41. The number of hydrogen-bond acceptors (Lipinski definition) is 6. The Balaban J connectivity index is 1.39. The van der Waals surface area contributed by atoms with Crippen LogP contribution in [-0.2, 0) is 11.2 Å². The topological polar surface area (TPSA) is 96.8 Å². The first-order valence-corrected chi connectivity index (χ1v) is 18.3. The number of anilines is 1. The van der Waals surface area contributed by atoms with Crippen molar-refractivity contribution in [3.63, 3.8) is 0 Å². The molecule has 1 N–H and O–H groups in total. The highest BCUT2D eigenvalue weighted by molar-refractivity contribution is 6.34. The Bertz CT molecular complexity index is 2240. The van der Waals surface area contributed by atoms with Gasteiger partial charge in [-0.15, -0.1) is 0 Å². The quantitative estimate of drug-likeness (QED) is 0.105. The van der Waals surface area contributed by atoms with Crippen LogP contribution < -0.4 is 20.6 Å². The third kappa shape index (κ3) is 7.83. The van der Waals surface area contributed by atoms with Crippen molar-refractivity contribution in [1.82, 2.24) is 19.8 Å². The SMILES string of the molecule is C=CC(=O)N1CCN(c2nc(=O)n(-c3ccccc3CCC)c3cc(-c4c(F)cccc4OCCCNC(=O)c4ccccc4C)c(Cl)cc23)[C@@H](C)C1. The largest absolute Gasteiger partial charge is 0.493 e. The average molecular weight is 736 g/mol. The molecular formula is C42H43ClFN5O4. The fourth-order valence-electron chi connectivity index (χ4n) is 6.95. The maximum absolute atomic E-state index is 15.9. The van der Waals surface area contributed by atoms with Gasteiger partial charge in [0.25, 0.3) is 5.91 Å². The van der Waals surface area contributed by atoms with Gasteiger partial charge in [-0.2, -0.15) is 4.98 Å². The van der Waals surface area contributed by atoms with Crippen molar-refractivity contribution in [3.8, 4) is 22.6 Å². The van der Waals surface area contributed by atoms with Crippen LogP contribution in [-0.4, -0.2) is 65.1 Å². The molecule has 0 aliphatic carbocycles. The van der Waals surface area contributed by atoms with Gasteiger partial charge in [-0.05, 0) is 80.3 Å². The average Bonchev–Trinajstić information content (AvgIpc) is 3.15. The summed E-state index contributed by atoms with van der Waals surface area (Å²) in [7, 11) is 0. The normalized spacial score (nSPS) is 14.3. The predicted molar refractivity (Wildman–Crippen MR) is 209 cm³/mol. The number of amides is 2. The Morgan fingerprint density at radius 3 is 2.60 bits per heavy atom. The van der Waals surface area contributed by atoms with E-state index in [0.29, 0.717) is 66.1 Å². The smallest absolute Gasteiger partial charge is 0.354 e. The van der Waals surface area contributed by atoms with Gasteiger partial charge in [-0.1, -0.05) is 74.0 Å². The molecule has 5 aromatic rings. The number of carbonyl (C=O) groups excluding carboxylic acids is 2. The summed E-state index contributed by atoms with van der Waals surface area (Å²) >= 11 is 7.05. The van der Waals surface area contributed by atoms with Gasteiger partial charge in [-0.25, -0.2) is 9.18 Å². The van der Waals surface area contributed by atoms with Crippen LogP contribution in [0.1, 0.15) is 48.2 Å². The number of piperazine rings is 1. The van der Waals surface area contributed by atoms with Gasteiger partial charge in [0.15, 0.2) is 0 Å². The lowest BCUT2D eigenvalue weighted by Gasteiger charge is -2.40. The third-order valence-electron chi connectivity index (χ3n) is 9.60. The lowest BCUT2D eigenvalue weighted by Crippen LogP contribution is -2.54. The predicted octanol–water partition coefficient (Wildman–Crippen LogP) is 7.53. The number of hydrogen-bond donors (Lipinski definition) is 1. The maximum atomic E-state index is 15.9. The zero-order valence-electron chi connectivity index (χ0n) is 30.2. The van der Waals surface area contributed by atoms with Crippen molar-refractivity contribution in [1.29, 1.82) is 0 Å². The van der Waals surface area contributed by atoms with E-state index in [0.717, 1.165) is 24.0 Å². The lowest BCUT2D eigenvalue weighted by molar-refractivity contribution is -0.126. The van der Waals surface area contributed by atoms with Gasteiger partial charge < -0.3 is 19.9 Å². The fraction of sp³-hybridized carbons (Fsp3) is 0.286. The Morgan fingerprint density at radius 1 is 1.08 bits per heavy atom. The van der Waals surface area contributed by atoms with E-state index in [2.05, 4.69) is 23.8 Å². The third-order valence-corrected chi connectivity index (χ3v) is 9.91. The number of nitrogens with one attached hydrogen (secondary N) is 1. The van der Waals surface area contributed by atoms with E-state index in [-0.39, 0.29) is 40.8 Å². The van der Waals surface area contributed by atoms with Crippen LogP contribution in [0.3, 0.4) is 0 Å². The lowest BCUT2D eigenvalue weighted by atomic mass is 10.0. The number of para-hydroxylation sites is 1. The minimum atomic E-state index is -0.539. The van der Waals surface area contributed by atoms with E-state index in [9.17, 15) is 14.4 Å². The molecule has 0 radical (unpaired) electrons. The Hall–Kier alpha value is -5.48. The molecule has 2 amide bonds. The number of carbonyl (C=O) groups is 2. The second kappa shape index (κ2) is 16.5. The van der Waals surface area contributed by atoms with Crippen LogP contribution >= 0.6 is 11.6 Å². The second-order valence-electron chi connectivity index (χ2n) is 13.2. The van der Waals surface area contributed by atoms with Crippen molar-refractivity contribution in [3.05, 3.63) is 130 Å². The first-order valence-electron chi connectivity index (χ1n) is 17.9. The van der Waals surface area contributed by atoms with E-state index in [1.54, 1.807) is 39.8 Å². The molecule has 0 saturated carbocycles. The Labute approximate surface area is 313 Å². The summed E-state index contributed by atoms with van der Waals surface area (Å²) in [6.07, 6.45) is 3.38. The van der Waals surface area contributed by atoms with Crippen LogP contribution in [0.4, 0.5) is 10.2 Å². The summed E-state index contributed by atoms with van der Waals surface area (Å²) in [5, 5.41) is 3.78. The van der Waals surface area contributed by atoms with Crippen LogP contribution in [0.2, 0.25) is 5.02 Å². The van der Waals surface area contributed by atoms with E-state index in [1.807, 2.05) is 61.2 Å². The van der Waals surface area contributed by atoms with E-state index in [1.165, 1.54) is 12.1 Å². The maximum Gasteiger partial charge on any atom is 0.354 e.